The minimum Gasteiger partial charge on any atom is -0.369 e. The van der Waals surface area contributed by atoms with E-state index in [1.807, 2.05) is 12.1 Å². The summed E-state index contributed by atoms with van der Waals surface area (Å²) < 4.78 is 28.2. The van der Waals surface area contributed by atoms with Gasteiger partial charge in [0.05, 0.1) is 16.9 Å². The first-order valence-electron chi connectivity index (χ1n) is 10.1. The van der Waals surface area contributed by atoms with Gasteiger partial charge in [-0.25, -0.2) is 8.78 Å². The molecule has 1 atom stereocenters. The molecule has 3 heterocycles. The van der Waals surface area contributed by atoms with Gasteiger partial charge in [0.15, 0.2) is 0 Å². The molecule has 1 saturated heterocycles. The quantitative estimate of drug-likeness (QED) is 0.600. The molecule has 2 aliphatic rings. The van der Waals surface area contributed by atoms with Gasteiger partial charge in [-0.1, -0.05) is 0 Å². The van der Waals surface area contributed by atoms with Crippen LogP contribution < -0.4 is 15.5 Å². The SMILES string of the molecule is O=C1Nc2cc(F)ccc2C1=CNc1ccc(N2CCC(c3ccncc3)C2)c(F)c1. The number of carbonyl (C=O) groups excluding carboxylic acids is 1. The number of carbonyl (C=O) groups is 1. The van der Waals surface area contributed by atoms with Crippen molar-refractivity contribution in [3.8, 4) is 0 Å². The number of amides is 1. The highest BCUT2D eigenvalue weighted by molar-refractivity contribution is 6.31. The van der Waals surface area contributed by atoms with Crippen LogP contribution in [0.5, 0.6) is 0 Å². The molecule has 0 bridgehead atoms. The topological polar surface area (TPSA) is 57.3 Å². The summed E-state index contributed by atoms with van der Waals surface area (Å²) in [6.07, 6.45) is 6.05. The number of anilines is 3. The van der Waals surface area contributed by atoms with Gasteiger partial charge >= 0.3 is 0 Å². The lowest BCUT2D eigenvalue weighted by molar-refractivity contribution is -0.110. The summed E-state index contributed by atoms with van der Waals surface area (Å²) in [6, 6.07) is 13.1. The monoisotopic (exact) mass is 418 g/mol. The Morgan fingerprint density at radius 1 is 1.10 bits per heavy atom. The third kappa shape index (κ3) is 3.74. The molecule has 2 aliphatic heterocycles. The first kappa shape index (κ1) is 19.2. The molecule has 7 heteroatoms. The lowest BCUT2D eigenvalue weighted by atomic mass is 10.00. The Hall–Kier alpha value is -3.74. The Bertz CT molecular complexity index is 1180. The van der Waals surface area contributed by atoms with E-state index in [2.05, 4.69) is 20.5 Å². The number of nitrogens with one attached hydrogen (secondary N) is 2. The zero-order valence-electron chi connectivity index (χ0n) is 16.6. The van der Waals surface area contributed by atoms with Crippen LogP contribution in [-0.2, 0) is 4.79 Å². The van der Waals surface area contributed by atoms with E-state index in [0.717, 1.165) is 19.5 Å². The predicted molar refractivity (Wildman–Crippen MR) is 117 cm³/mol. The molecule has 3 aromatic rings. The molecular formula is C24H20F2N4O. The minimum atomic E-state index is -0.418. The van der Waals surface area contributed by atoms with Gasteiger partial charge in [0.25, 0.3) is 5.91 Å². The van der Waals surface area contributed by atoms with E-state index in [1.54, 1.807) is 30.6 Å². The minimum absolute atomic E-state index is 0.322. The van der Waals surface area contributed by atoms with Crippen molar-refractivity contribution in [2.75, 3.05) is 28.6 Å². The maximum Gasteiger partial charge on any atom is 0.257 e. The molecule has 0 aliphatic carbocycles. The van der Waals surface area contributed by atoms with Gasteiger partial charge in [0, 0.05) is 48.9 Å². The molecule has 156 valence electrons. The molecule has 1 amide bonds. The van der Waals surface area contributed by atoms with Crippen molar-refractivity contribution in [3.63, 3.8) is 0 Å². The molecule has 2 aromatic carbocycles. The van der Waals surface area contributed by atoms with Gasteiger partial charge < -0.3 is 15.5 Å². The molecule has 31 heavy (non-hydrogen) atoms. The number of fused-ring (bicyclic) bond motifs is 1. The van der Waals surface area contributed by atoms with E-state index in [1.165, 1.54) is 30.0 Å². The average Bonchev–Trinajstić information content (AvgIpc) is 3.37. The van der Waals surface area contributed by atoms with Crippen LogP contribution in [0.3, 0.4) is 0 Å². The highest BCUT2D eigenvalue weighted by atomic mass is 19.1. The number of hydrogen-bond donors (Lipinski definition) is 2. The zero-order chi connectivity index (χ0) is 21.4. The smallest absolute Gasteiger partial charge is 0.257 e. The van der Waals surface area contributed by atoms with Crippen molar-refractivity contribution in [1.82, 2.24) is 4.98 Å². The highest BCUT2D eigenvalue weighted by Gasteiger charge is 2.26. The number of aromatic nitrogens is 1. The Kier molecular flexibility index (Phi) is 4.86. The van der Waals surface area contributed by atoms with Crippen LogP contribution in [0.25, 0.3) is 5.57 Å². The van der Waals surface area contributed by atoms with Crippen molar-refractivity contribution >= 4 is 28.5 Å². The maximum absolute atomic E-state index is 14.9. The summed E-state index contributed by atoms with van der Waals surface area (Å²) >= 11 is 0. The van der Waals surface area contributed by atoms with Crippen LogP contribution in [-0.4, -0.2) is 24.0 Å². The van der Waals surface area contributed by atoms with Crippen molar-refractivity contribution < 1.29 is 13.6 Å². The largest absolute Gasteiger partial charge is 0.369 e. The fourth-order valence-electron chi connectivity index (χ4n) is 4.21. The lowest BCUT2D eigenvalue weighted by Crippen LogP contribution is -2.20. The zero-order valence-corrected chi connectivity index (χ0v) is 16.6. The average molecular weight is 418 g/mol. The summed E-state index contributed by atoms with van der Waals surface area (Å²) in [7, 11) is 0. The first-order valence-corrected chi connectivity index (χ1v) is 10.1. The Morgan fingerprint density at radius 3 is 2.74 bits per heavy atom. The molecule has 5 rings (SSSR count). The van der Waals surface area contributed by atoms with Gasteiger partial charge in [0.1, 0.15) is 11.6 Å². The van der Waals surface area contributed by atoms with Crippen molar-refractivity contribution in [1.29, 1.82) is 0 Å². The summed E-state index contributed by atoms with van der Waals surface area (Å²) in [5.41, 5.74) is 3.72. The van der Waals surface area contributed by atoms with E-state index in [0.29, 0.717) is 34.1 Å². The standard InChI is InChI=1S/C24H20F2N4O/c25-17-1-3-19-20(24(31)29-22(19)11-17)13-28-18-2-4-23(21(26)12-18)30-10-7-16(14-30)15-5-8-27-9-6-15/h1-6,8-9,11-13,16,28H,7,10,14H2,(H,29,31). The molecule has 0 spiro atoms. The number of nitrogens with zero attached hydrogens (tertiary/aromatic N) is 2. The second-order valence-electron chi connectivity index (χ2n) is 7.72. The molecule has 1 fully saturated rings. The first-order chi connectivity index (χ1) is 15.1. The van der Waals surface area contributed by atoms with Crippen molar-refractivity contribution in [2.24, 2.45) is 0 Å². The number of pyridine rings is 1. The number of hydrogen-bond acceptors (Lipinski definition) is 4. The molecule has 0 saturated carbocycles. The van der Waals surface area contributed by atoms with Gasteiger partial charge in [0.2, 0.25) is 0 Å². The van der Waals surface area contributed by atoms with E-state index in [9.17, 15) is 13.6 Å². The predicted octanol–water partition coefficient (Wildman–Crippen LogP) is 4.76. The third-order valence-electron chi connectivity index (χ3n) is 5.80. The summed E-state index contributed by atoms with van der Waals surface area (Å²) in [6.45, 7) is 1.54. The third-order valence-corrected chi connectivity index (χ3v) is 5.80. The van der Waals surface area contributed by atoms with Gasteiger partial charge in [-0.2, -0.15) is 0 Å². The molecule has 1 aromatic heterocycles. The highest BCUT2D eigenvalue weighted by Crippen LogP contribution is 2.34. The van der Waals surface area contributed by atoms with Crippen LogP contribution in [0.1, 0.15) is 23.5 Å². The fourth-order valence-corrected chi connectivity index (χ4v) is 4.21. The summed E-state index contributed by atoms with van der Waals surface area (Å²) in [4.78, 5) is 18.3. The van der Waals surface area contributed by atoms with Gasteiger partial charge in [-0.3, -0.25) is 9.78 Å². The van der Waals surface area contributed by atoms with Crippen molar-refractivity contribution in [3.05, 3.63) is 89.9 Å². The van der Waals surface area contributed by atoms with E-state index >= 15 is 0 Å². The Morgan fingerprint density at radius 2 is 1.94 bits per heavy atom. The maximum atomic E-state index is 14.9. The van der Waals surface area contributed by atoms with Crippen LogP contribution in [0.4, 0.5) is 25.8 Å². The Balaban J connectivity index is 1.31. The normalized spacial score (nSPS) is 18.9. The summed E-state index contributed by atoms with van der Waals surface area (Å²) in [5, 5.41) is 5.61. The molecule has 5 nitrogen and oxygen atoms in total. The van der Waals surface area contributed by atoms with E-state index < -0.39 is 5.82 Å². The van der Waals surface area contributed by atoms with Crippen LogP contribution in [0.15, 0.2) is 67.1 Å². The second-order valence-corrected chi connectivity index (χ2v) is 7.72. The van der Waals surface area contributed by atoms with E-state index in [-0.39, 0.29) is 11.7 Å². The Labute approximate surface area is 178 Å². The second kappa shape index (κ2) is 7.83. The molecule has 1 unspecified atom stereocenters. The number of benzene rings is 2. The molecule has 0 radical (unpaired) electrons. The van der Waals surface area contributed by atoms with Crippen molar-refractivity contribution in [2.45, 2.75) is 12.3 Å². The summed E-state index contributed by atoms with van der Waals surface area (Å²) in [5.74, 6) is -0.712. The molecular weight excluding hydrogens is 398 g/mol. The molecule has 2 N–H and O–H groups in total. The fraction of sp³-hybridized carbons (Fsp3) is 0.167. The lowest BCUT2D eigenvalue weighted by Gasteiger charge is -2.20. The van der Waals surface area contributed by atoms with Gasteiger partial charge in [-0.15, -0.1) is 0 Å². The number of rotatable bonds is 4. The van der Waals surface area contributed by atoms with E-state index in [4.69, 9.17) is 0 Å². The van der Waals surface area contributed by atoms with Crippen LogP contribution in [0, 0.1) is 11.6 Å². The number of halogens is 2. The van der Waals surface area contributed by atoms with Crippen LogP contribution >= 0.6 is 0 Å². The van der Waals surface area contributed by atoms with Gasteiger partial charge in [-0.05, 0) is 60.5 Å². The van der Waals surface area contributed by atoms with Crippen LogP contribution in [0.2, 0.25) is 0 Å².